The van der Waals surface area contributed by atoms with Gasteiger partial charge in [0.1, 0.15) is 0 Å². The fraction of sp³-hybridized carbons (Fsp3) is 0.400. The van der Waals surface area contributed by atoms with Crippen molar-refractivity contribution in [2.24, 2.45) is 17.4 Å². The van der Waals surface area contributed by atoms with Gasteiger partial charge in [-0.25, -0.2) is 0 Å². The largest absolute Gasteiger partial charge is 0.369 e. The van der Waals surface area contributed by atoms with Crippen molar-refractivity contribution in [3.05, 3.63) is 29.6 Å². The molecule has 110 valence electrons. The minimum Gasteiger partial charge on any atom is -0.369 e. The van der Waals surface area contributed by atoms with Gasteiger partial charge in [-0.3, -0.25) is 14.6 Å². The van der Waals surface area contributed by atoms with Crippen molar-refractivity contribution in [3.8, 4) is 11.8 Å². The Hall–Kier alpha value is -2.39. The van der Waals surface area contributed by atoms with Crippen LogP contribution >= 0.6 is 0 Å². The number of carbonyl (C=O) groups is 2. The van der Waals surface area contributed by atoms with E-state index in [0.717, 1.165) is 12.8 Å². The summed E-state index contributed by atoms with van der Waals surface area (Å²) in [4.78, 5) is 29.5. The number of amides is 2. The number of carbonyl (C=O) groups excluding carboxylic acids is 2. The number of rotatable bonds is 2. The molecule has 6 heteroatoms. The summed E-state index contributed by atoms with van der Waals surface area (Å²) in [6.45, 7) is 1.20. The summed E-state index contributed by atoms with van der Waals surface area (Å²) in [5.41, 5.74) is 11.7. The maximum absolute atomic E-state index is 12.6. The molecule has 1 aromatic rings. The maximum atomic E-state index is 12.6. The fourth-order valence-corrected chi connectivity index (χ4v) is 2.39. The van der Waals surface area contributed by atoms with Gasteiger partial charge in [0.05, 0.1) is 23.6 Å². The SMILES string of the molecule is NCC#Cc1cnccc1C(=O)N1CCCC(C(N)=O)C1. The van der Waals surface area contributed by atoms with E-state index >= 15 is 0 Å². The Balaban J connectivity index is 2.22. The molecule has 2 amide bonds. The molecule has 0 aliphatic carbocycles. The number of aromatic nitrogens is 1. The third kappa shape index (κ3) is 3.58. The lowest BCUT2D eigenvalue weighted by Crippen LogP contribution is -2.44. The summed E-state index contributed by atoms with van der Waals surface area (Å²) in [5.74, 6) is 4.79. The van der Waals surface area contributed by atoms with Crippen LogP contribution in [0.15, 0.2) is 18.5 Å². The number of nitrogens with zero attached hydrogens (tertiary/aromatic N) is 2. The van der Waals surface area contributed by atoms with Gasteiger partial charge in [-0.15, -0.1) is 0 Å². The maximum Gasteiger partial charge on any atom is 0.255 e. The normalized spacial score (nSPS) is 17.8. The van der Waals surface area contributed by atoms with Crippen LogP contribution in [-0.2, 0) is 4.79 Å². The van der Waals surface area contributed by atoms with E-state index in [0.29, 0.717) is 24.2 Å². The molecule has 0 bridgehead atoms. The Bertz CT molecular complexity index is 603. The van der Waals surface area contributed by atoms with Gasteiger partial charge in [0.15, 0.2) is 0 Å². The van der Waals surface area contributed by atoms with E-state index in [1.807, 2.05) is 0 Å². The summed E-state index contributed by atoms with van der Waals surface area (Å²) in [6.07, 6.45) is 4.60. The van der Waals surface area contributed by atoms with Crippen molar-refractivity contribution in [2.45, 2.75) is 12.8 Å². The van der Waals surface area contributed by atoms with Gasteiger partial charge in [0.2, 0.25) is 5.91 Å². The van der Waals surface area contributed by atoms with Crippen molar-refractivity contribution in [2.75, 3.05) is 19.6 Å². The molecule has 1 aliphatic heterocycles. The topological polar surface area (TPSA) is 102 Å². The summed E-state index contributed by atoms with van der Waals surface area (Å²) >= 11 is 0. The zero-order chi connectivity index (χ0) is 15.2. The average molecular weight is 286 g/mol. The number of likely N-dealkylation sites (tertiary alicyclic amines) is 1. The second kappa shape index (κ2) is 6.86. The predicted molar refractivity (Wildman–Crippen MR) is 78.0 cm³/mol. The molecular formula is C15H18N4O2. The van der Waals surface area contributed by atoms with Gasteiger partial charge >= 0.3 is 0 Å². The van der Waals surface area contributed by atoms with Gasteiger partial charge in [0.25, 0.3) is 5.91 Å². The van der Waals surface area contributed by atoms with Crippen LogP contribution in [0.3, 0.4) is 0 Å². The van der Waals surface area contributed by atoms with Crippen LogP contribution < -0.4 is 11.5 Å². The first-order valence-corrected chi connectivity index (χ1v) is 6.85. The highest BCUT2D eigenvalue weighted by atomic mass is 16.2. The van der Waals surface area contributed by atoms with Crippen molar-refractivity contribution >= 4 is 11.8 Å². The fourth-order valence-electron chi connectivity index (χ4n) is 2.39. The molecule has 2 heterocycles. The minimum atomic E-state index is -0.356. The summed E-state index contributed by atoms with van der Waals surface area (Å²) in [7, 11) is 0. The molecule has 4 N–H and O–H groups in total. The molecule has 21 heavy (non-hydrogen) atoms. The molecule has 1 aliphatic rings. The molecule has 0 saturated carbocycles. The second-order valence-electron chi connectivity index (χ2n) is 4.92. The highest BCUT2D eigenvalue weighted by Crippen LogP contribution is 2.19. The van der Waals surface area contributed by atoms with Crippen molar-refractivity contribution < 1.29 is 9.59 Å². The van der Waals surface area contributed by atoms with E-state index in [1.165, 1.54) is 0 Å². The van der Waals surface area contributed by atoms with Crippen molar-refractivity contribution in [1.29, 1.82) is 0 Å². The molecule has 6 nitrogen and oxygen atoms in total. The average Bonchev–Trinajstić information content (AvgIpc) is 2.52. The Morgan fingerprint density at radius 3 is 3.00 bits per heavy atom. The lowest BCUT2D eigenvalue weighted by atomic mass is 9.96. The zero-order valence-electron chi connectivity index (χ0n) is 11.7. The Labute approximate surface area is 123 Å². The number of hydrogen-bond acceptors (Lipinski definition) is 4. The van der Waals surface area contributed by atoms with E-state index in [1.54, 1.807) is 23.4 Å². The number of primary amides is 1. The molecule has 0 radical (unpaired) electrons. The van der Waals surface area contributed by atoms with E-state index in [2.05, 4.69) is 16.8 Å². The Morgan fingerprint density at radius 1 is 1.48 bits per heavy atom. The first-order chi connectivity index (χ1) is 10.1. The minimum absolute atomic E-state index is 0.148. The van der Waals surface area contributed by atoms with E-state index in [4.69, 9.17) is 11.5 Å². The summed E-state index contributed by atoms with van der Waals surface area (Å²) in [5, 5.41) is 0. The third-order valence-corrected chi connectivity index (χ3v) is 3.49. The standard InChI is InChI=1S/C15H18N4O2/c16-6-1-3-11-9-18-7-5-13(11)15(21)19-8-2-4-12(10-19)14(17)20/h5,7,9,12H,2,4,6,8,10,16H2,(H2,17,20). The van der Waals surface area contributed by atoms with Crippen LogP contribution in [0.2, 0.25) is 0 Å². The first-order valence-electron chi connectivity index (χ1n) is 6.85. The van der Waals surface area contributed by atoms with Crippen molar-refractivity contribution in [3.63, 3.8) is 0 Å². The molecule has 2 rings (SSSR count). The van der Waals surface area contributed by atoms with Crippen LogP contribution in [0.25, 0.3) is 0 Å². The molecule has 1 fully saturated rings. The zero-order valence-corrected chi connectivity index (χ0v) is 11.7. The quantitative estimate of drug-likeness (QED) is 0.730. The van der Waals surface area contributed by atoms with Gasteiger partial charge in [-0.05, 0) is 18.9 Å². The second-order valence-corrected chi connectivity index (χ2v) is 4.92. The number of nitrogens with two attached hydrogens (primary N) is 2. The molecular weight excluding hydrogens is 268 g/mol. The van der Waals surface area contributed by atoms with Crippen molar-refractivity contribution in [1.82, 2.24) is 9.88 Å². The molecule has 0 spiro atoms. The highest BCUT2D eigenvalue weighted by Gasteiger charge is 2.28. The third-order valence-electron chi connectivity index (χ3n) is 3.49. The highest BCUT2D eigenvalue weighted by molar-refractivity contribution is 5.97. The van der Waals surface area contributed by atoms with Crippen LogP contribution in [0.5, 0.6) is 0 Å². The molecule has 1 aromatic heterocycles. The van der Waals surface area contributed by atoms with E-state index < -0.39 is 0 Å². The Morgan fingerprint density at radius 2 is 2.29 bits per heavy atom. The molecule has 1 atom stereocenters. The van der Waals surface area contributed by atoms with Crippen LogP contribution in [0.1, 0.15) is 28.8 Å². The van der Waals surface area contributed by atoms with Gasteiger partial charge < -0.3 is 16.4 Å². The number of pyridine rings is 1. The summed E-state index contributed by atoms with van der Waals surface area (Å²) < 4.78 is 0. The van der Waals surface area contributed by atoms with Gasteiger partial charge in [-0.1, -0.05) is 11.8 Å². The van der Waals surface area contributed by atoms with E-state index in [9.17, 15) is 9.59 Å². The Kier molecular flexibility index (Phi) is 4.90. The molecule has 0 aromatic carbocycles. The predicted octanol–water partition coefficient (Wildman–Crippen LogP) is -0.271. The van der Waals surface area contributed by atoms with Crippen LogP contribution in [-0.4, -0.2) is 41.3 Å². The van der Waals surface area contributed by atoms with Gasteiger partial charge in [0, 0.05) is 25.5 Å². The number of hydrogen-bond donors (Lipinski definition) is 2. The molecule has 1 unspecified atom stereocenters. The van der Waals surface area contributed by atoms with Crippen LogP contribution in [0, 0.1) is 17.8 Å². The van der Waals surface area contributed by atoms with E-state index in [-0.39, 0.29) is 24.3 Å². The number of piperidine rings is 1. The smallest absolute Gasteiger partial charge is 0.255 e. The lowest BCUT2D eigenvalue weighted by molar-refractivity contribution is -0.123. The first kappa shape index (κ1) is 15.0. The monoisotopic (exact) mass is 286 g/mol. The van der Waals surface area contributed by atoms with Crippen LogP contribution in [0.4, 0.5) is 0 Å². The molecule has 1 saturated heterocycles. The van der Waals surface area contributed by atoms with Gasteiger partial charge in [-0.2, -0.15) is 0 Å². The summed E-state index contributed by atoms with van der Waals surface area (Å²) in [6, 6.07) is 1.64. The lowest BCUT2D eigenvalue weighted by Gasteiger charge is -2.31.